The number of hydrogen-bond acceptors (Lipinski definition) is 3. The molecule has 0 spiro atoms. The van der Waals surface area contributed by atoms with E-state index in [-0.39, 0.29) is 24.0 Å². The van der Waals surface area contributed by atoms with E-state index in [1.54, 1.807) is 0 Å². The summed E-state index contributed by atoms with van der Waals surface area (Å²) in [7, 11) is 6.32. The first kappa shape index (κ1) is 19.2. The summed E-state index contributed by atoms with van der Waals surface area (Å²) in [5, 5.41) is 7.24. The first-order valence-corrected chi connectivity index (χ1v) is 9.02. The van der Waals surface area contributed by atoms with Crippen LogP contribution in [0, 0.1) is 0 Å². The maximum atomic E-state index is 4.45. The van der Waals surface area contributed by atoms with Gasteiger partial charge in [0.25, 0.3) is 0 Å². The summed E-state index contributed by atoms with van der Waals surface area (Å²) in [6.45, 7) is 3.43. The number of hydrogen-bond donors (Lipinski definition) is 2. The molecule has 1 aliphatic heterocycles. The summed E-state index contributed by atoms with van der Waals surface area (Å²) in [6, 6.07) is 1.45. The van der Waals surface area contributed by atoms with Crippen molar-refractivity contribution in [3.05, 3.63) is 0 Å². The fourth-order valence-electron chi connectivity index (χ4n) is 4.13. The number of likely N-dealkylation sites (tertiary alicyclic amines) is 1. The number of rotatable bonds is 5. The summed E-state index contributed by atoms with van der Waals surface area (Å²) in [5.41, 5.74) is 0.313. The van der Waals surface area contributed by atoms with Crippen LogP contribution in [0.5, 0.6) is 0 Å². The second-order valence-electron chi connectivity index (χ2n) is 7.61. The molecule has 3 fully saturated rings. The maximum absolute atomic E-state index is 4.45. The van der Waals surface area contributed by atoms with Crippen molar-refractivity contribution < 1.29 is 0 Å². The van der Waals surface area contributed by atoms with Crippen molar-refractivity contribution in [3.63, 3.8) is 0 Å². The highest BCUT2D eigenvalue weighted by Crippen LogP contribution is 2.33. The average Bonchev–Trinajstić information content (AvgIpc) is 3.06. The van der Waals surface area contributed by atoms with Crippen molar-refractivity contribution in [1.82, 2.24) is 20.4 Å². The Bertz CT molecular complexity index is 402. The average molecular weight is 435 g/mol. The summed E-state index contributed by atoms with van der Waals surface area (Å²) < 4.78 is 0. The second-order valence-corrected chi connectivity index (χ2v) is 7.61. The Morgan fingerprint density at radius 1 is 1.22 bits per heavy atom. The third-order valence-corrected chi connectivity index (χ3v) is 5.92. The molecule has 134 valence electrons. The van der Waals surface area contributed by atoms with Gasteiger partial charge in [0.05, 0.1) is 0 Å². The first-order chi connectivity index (χ1) is 10.6. The van der Waals surface area contributed by atoms with Crippen LogP contribution in [0.15, 0.2) is 4.99 Å². The van der Waals surface area contributed by atoms with Crippen molar-refractivity contribution in [3.8, 4) is 0 Å². The molecule has 0 radical (unpaired) electrons. The zero-order valence-electron chi connectivity index (χ0n) is 15.0. The molecule has 2 aliphatic carbocycles. The summed E-state index contributed by atoms with van der Waals surface area (Å²) in [4.78, 5) is 9.50. The number of likely N-dealkylation sites (N-methyl/N-ethyl adjacent to an activating group) is 1. The van der Waals surface area contributed by atoms with Gasteiger partial charge in [-0.15, -0.1) is 24.0 Å². The van der Waals surface area contributed by atoms with Gasteiger partial charge in [-0.05, 0) is 46.2 Å². The minimum absolute atomic E-state index is 0. The van der Waals surface area contributed by atoms with E-state index in [1.807, 2.05) is 7.05 Å². The highest BCUT2D eigenvalue weighted by Gasteiger charge is 2.37. The van der Waals surface area contributed by atoms with Crippen LogP contribution >= 0.6 is 24.0 Å². The van der Waals surface area contributed by atoms with Crippen LogP contribution < -0.4 is 10.6 Å². The number of halogens is 1. The zero-order valence-corrected chi connectivity index (χ0v) is 17.3. The fraction of sp³-hybridized carbons (Fsp3) is 0.941. The van der Waals surface area contributed by atoms with Crippen LogP contribution in [-0.2, 0) is 0 Å². The predicted octanol–water partition coefficient (Wildman–Crippen LogP) is 1.88. The van der Waals surface area contributed by atoms with Gasteiger partial charge in [-0.2, -0.15) is 0 Å². The molecule has 0 bridgehead atoms. The van der Waals surface area contributed by atoms with Gasteiger partial charge in [-0.3, -0.25) is 9.89 Å². The monoisotopic (exact) mass is 435 g/mol. The van der Waals surface area contributed by atoms with Crippen molar-refractivity contribution in [2.24, 2.45) is 4.99 Å². The van der Waals surface area contributed by atoms with E-state index in [0.717, 1.165) is 18.5 Å². The van der Waals surface area contributed by atoms with Gasteiger partial charge in [-0.25, -0.2) is 0 Å². The number of nitrogens with one attached hydrogen (secondary N) is 2. The topological polar surface area (TPSA) is 42.9 Å². The van der Waals surface area contributed by atoms with Gasteiger partial charge in [0.1, 0.15) is 0 Å². The van der Waals surface area contributed by atoms with Crippen LogP contribution in [0.4, 0.5) is 0 Å². The van der Waals surface area contributed by atoms with Crippen LogP contribution in [-0.4, -0.2) is 74.2 Å². The molecule has 1 saturated heterocycles. The first-order valence-electron chi connectivity index (χ1n) is 9.02. The molecule has 1 unspecified atom stereocenters. The standard InChI is InChI=1S/C17H33N5.HI/c1-18-16(19-13-17(21(2)3)9-4-5-10-17)20-14-8-11-22(12-14)15-6-7-15;/h14-15H,4-13H2,1-3H3,(H2,18,19,20);1H. The lowest BCUT2D eigenvalue weighted by Crippen LogP contribution is -2.54. The molecule has 3 rings (SSSR count). The quantitative estimate of drug-likeness (QED) is 0.393. The van der Waals surface area contributed by atoms with E-state index in [9.17, 15) is 0 Å². The molecule has 0 aromatic heterocycles. The van der Waals surface area contributed by atoms with Crippen LogP contribution in [0.25, 0.3) is 0 Å². The number of nitrogens with zero attached hydrogens (tertiary/aromatic N) is 3. The van der Waals surface area contributed by atoms with Crippen molar-refractivity contribution in [2.45, 2.75) is 62.6 Å². The lowest BCUT2D eigenvalue weighted by molar-refractivity contribution is 0.160. The Labute approximate surface area is 158 Å². The number of aliphatic imine (C=N–C) groups is 1. The third-order valence-electron chi connectivity index (χ3n) is 5.92. The molecule has 6 heteroatoms. The smallest absolute Gasteiger partial charge is 0.191 e. The van der Waals surface area contributed by atoms with Gasteiger partial charge >= 0.3 is 0 Å². The molecule has 2 saturated carbocycles. The molecule has 1 heterocycles. The largest absolute Gasteiger partial charge is 0.355 e. The highest BCUT2D eigenvalue weighted by molar-refractivity contribution is 14.0. The summed E-state index contributed by atoms with van der Waals surface area (Å²) >= 11 is 0. The Morgan fingerprint density at radius 3 is 2.48 bits per heavy atom. The Balaban J connectivity index is 0.00000192. The Hall–Kier alpha value is -0.0800. The van der Waals surface area contributed by atoms with Gasteiger partial charge in [0.15, 0.2) is 5.96 Å². The molecule has 0 amide bonds. The summed E-state index contributed by atoms with van der Waals surface area (Å²) in [5.74, 6) is 0.982. The molecular weight excluding hydrogens is 401 g/mol. The fourth-order valence-corrected chi connectivity index (χ4v) is 4.13. The normalized spacial score (nSPS) is 28.0. The van der Waals surface area contributed by atoms with E-state index >= 15 is 0 Å². The lowest BCUT2D eigenvalue weighted by atomic mass is 9.96. The van der Waals surface area contributed by atoms with E-state index in [4.69, 9.17) is 0 Å². The van der Waals surface area contributed by atoms with Crippen molar-refractivity contribution in [1.29, 1.82) is 0 Å². The molecule has 1 atom stereocenters. The van der Waals surface area contributed by atoms with E-state index in [0.29, 0.717) is 11.6 Å². The minimum atomic E-state index is 0. The highest BCUT2D eigenvalue weighted by atomic mass is 127. The van der Waals surface area contributed by atoms with Gasteiger partial charge in [0, 0.05) is 44.3 Å². The van der Waals surface area contributed by atoms with Gasteiger partial charge in [0.2, 0.25) is 0 Å². The summed E-state index contributed by atoms with van der Waals surface area (Å²) in [6.07, 6.45) is 9.35. The van der Waals surface area contributed by atoms with Crippen LogP contribution in [0.2, 0.25) is 0 Å². The van der Waals surface area contributed by atoms with E-state index in [1.165, 1.54) is 58.0 Å². The molecule has 0 aromatic rings. The molecule has 3 aliphatic rings. The molecule has 2 N–H and O–H groups in total. The molecular formula is C17H34IN5. The molecule has 0 aromatic carbocycles. The predicted molar refractivity (Wildman–Crippen MR) is 108 cm³/mol. The van der Waals surface area contributed by atoms with Gasteiger partial charge in [-0.1, -0.05) is 12.8 Å². The van der Waals surface area contributed by atoms with E-state index < -0.39 is 0 Å². The second kappa shape index (κ2) is 8.34. The van der Waals surface area contributed by atoms with Gasteiger partial charge < -0.3 is 15.5 Å². The lowest BCUT2D eigenvalue weighted by Gasteiger charge is -2.37. The zero-order chi connectivity index (χ0) is 15.6. The third kappa shape index (κ3) is 4.72. The van der Waals surface area contributed by atoms with Crippen molar-refractivity contribution in [2.75, 3.05) is 40.8 Å². The van der Waals surface area contributed by atoms with Crippen LogP contribution in [0.3, 0.4) is 0 Å². The van der Waals surface area contributed by atoms with Crippen molar-refractivity contribution >= 4 is 29.9 Å². The SMILES string of the molecule is CN=C(NCC1(N(C)C)CCCC1)NC1CCN(C2CC2)C1.I. The Kier molecular flexibility index (Phi) is 6.98. The maximum Gasteiger partial charge on any atom is 0.191 e. The van der Waals surface area contributed by atoms with Crippen LogP contribution in [0.1, 0.15) is 44.9 Å². The number of guanidine groups is 1. The Morgan fingerprint density at radius 2 is 1.91 bits per heavy atom. The minimum Gasteiger partial charge on any atom is -0.355 e. The molecule has 23 heavy (non-hydrogen) atoms. The van der Waals surface area contributed by atoms with E-state index in [2.05, 4.69) is 39.5 Å². The molecule has 5 nitrogen and oxygen atoms in total.